The van der Waals surface area contributed by atoms with E-state index in [1.807, 2.05) is 39.6 Å². The van der Waals surface area contributed by atoms with Gasteiger partial charge in [0.05, 0.1) is 19.6 Å². The van der Waals surface area contributed by atoms with Gasteiger partial charge in [0.2, 0.25) is 0 Å². The highest BCUT2D eigenvalue weighted by atomic mass is 16.4. The molecule has 0 aliphatic carbocycles. The van der Waals surface area contributed by atoms with E-state index in [1.165, 1.54) is 0 Å². The van der Waals surface area contributed by atoms with Gasteiger partial charge in [-0.15, -0.1) is 0 Å². The molecule has 29 heavy (non-hydrogen) atoms. The lowest BCUT2D eigenvalue weighted by molar-refractivity contribution is -0.140. The van der Waals surface area contributed by atoms with Crippen LogP contribution in [0.5, 0.6) is 0 Å². The van der Waals surface area contributed by atoms with Crippen LogP contribution in [0.3, 0.4) is 0 Å². The van der Waals surface area contributed by atoms with Gasteiger partial charge >= 0.3 is 17.9 Å². The fourth-order valence-electron chi connectivity index (χ4n) is 2.69. The van der Waals surface area contributed by atoms with Crippen LogP contribution in [0.2, 0.25) is 0 Å². The second-order valence-corrected chi connectivity index (χ2v) is 6.31. The Morgan fingerprint density at radius 1 is 0.552 bits per heavy atom. The van der Waals surface area contributed by atoms with Crippen molar-refractivity contribution in [3.05, 3.63) is 0 Å². The van der Waals surface area contributed by atoms with Crippen molar-refractivity contribution in [3.8, 4) is 0 Å². The van der Waals surface area contributed by atoms with E-state index < -0.39 is 17.9 Å². The van der Waals surface area contributed by atoms with Crippen molar-refractivity contribution < 1.29 is 29.7 Å². The van der Waals surface area contributed by atoms with Crippen molar-refractivity contribution in [2.45, 2.75) is 27.7 Å². The lowest BCUT2D eigenvalue weighted by Gasteiger charge is -2.31. The first-order valence-electron chi connectivity index (χ1n) is 10.3. The van der Waals surface area contributed by atoms with Crippen LogP contribution < -0.4 is 0 Å². The number of likely N-dealkylation sites (N-methyl/N-ethyl adjacent to an activating group) is 1. The molecular weight excluding hydrogens is 380 g/mol. The Morgan fingerprint density at radius 3 is 0.966 bits per heavy atom. The second-order valence-electron chi connectivity index (χ2n) is 6.31. The van der Waals surface area contributed by atoms with Gasteiger partial charge in [-0.2, -0.15) is 0 Å². The van der Waals surface area contributed by atoms with E-state index in [4.69, 9.17) is 15.3 Å². The van der Waals surface area contributed by atoms with Crippen LogP contribution in [0.1, 0.15) is 27.7 Å². The van der Waals surface area contributed by atoms with Gasteiger partial charge in [-0.3, -0.25) is 29.1 Å². The predicted molar refractivity (Wildman–Crippen MR) is 112 cm³/mol. The van der Waals surface area contributed by atoms with Crippen molar-refractivity contribution in [2.24, 2.45) is 0 Å². The highest BCUT2D eigenvalue weighted by Gasteiger charge is 2.18. The van der Waals surface area contributed by atoms with E-state index in [0.717, 1.165) is 0 Å². The largest absolute Gasteiger partial charge is 0.480 e. The van der Waals surface area contributed by atoms with E-state index in [1.54, 1.807) is 14.7 Å². The smallest absolute Gasteiger partial charge is 0.317 e. The van der Waals surface area contributed by atoms with Crippen LogP contribution in [0, 0.1) is 0 Å². The maximum atomic E-state index is 11.0. The Balaban J connectivity index is 0. The summed E-state index contributed by atoms with van der Waals surface area (Å²) in [5.41, 5.74) is 0. The highest BCUT2D eigenvalue weighted by molar-refractivity contribution is 5.69. The molecule has 0 bridgehead atoms. The number of carboxylic acid groups (broad SMARTS) is 3. The molecule has 0 amide bonds. The molecule has 1 heterocycles. The first-order chi connectivity index (χ1) is 13.8. The van der Waals surface area contributed by atoms with Gasteiger partial charge in [0.25, 0.3) is 0 Å². The van der Waals surface area contributed by atoms with Crippen LogP contribution in [0.4, 0.5) is 0 Å². The molecule has 0 unspecified atom stereocenters. The molecule has 0 saturated carbocycles. The molecule has 10 nitrogen and oxygen atoms in total. The molecule has 0 spiro atoms. The van der Waals surface area contributed by atoms with Crippen molar-refractivity contribution >= 4 is 17.9 Å². The van der Waals surface area contributed by atoms with Crippen LogP contribution in [-0.4, -0.2) is 132 Å². The first kappa shape index (κ1) is 29.5. The van der Waals surface area contributed by atoms with Gasteiger partial charge in [0.1, 0.15) is 0 Å². The van der Waals surface area contributed by atoms with Gasteiger partial charge in [-0.1, -0.05) is 27.7 Å². The van der Waals surface area contributed by atoms with Crippen molar-refractivity contribution in [3.63, 3.8) is 0 Å². The molecule has 0 radical (unpaired) electrons. The number of rotatable bonds is 6. The number of hydrogen-bond donors (Lipinski definition) is 3. The second kappa shape index (κ2) is 18.3. The number of carboxylic acids is 3. The summed E-state index contributed by atoms with van der Waals surface area (Å²) in [7, 11) is 1.92. The maximum absolute atomic E-state index is 11.0. The summed E-state index contributed by atoms with van der Waals surface area (Å²) in [6.07, 6.45) is 0. The Bertz CT molecular complexity index is 432. The Kier molecular flexibility index (Phi) is 18.6. The molecule has 0 aromatic rings. The van der Waals surface area contributed by atoms with Gasteiger partial charge < -0.3 is 20.2 Å². The van der Waals surface area contributed by atoms with Gasteiger partial charge in [0, 0.05) is 52.4 Å². The minimum Gasteiger partial charge on any atom is -0.480 e. The zero-order valence-electron chi connectivity index (χ0n) is 18.6. The number of hydrogen-bond acceptors (Lipinski definition) is 7. The SMILES string of the molecule is CC.CC.CN1CCN(CC(=O)O)CCN(CC(=O)O)CCN(CC(=O)O)CC1. The van der Waals surface area contributed by atoms with Gasteiger partial charge in [0.15, 0.2) is 0 Å². The summed E-state index contributed by atoms with van der Waals surface area (Å²) in [5, 5.41) is 27.1. The highest BCUT2D eigenvalue weighted by Crippen LogP contribution is 2.00. The number of aliphatic carboxylic acids is 3. The standard InChI is InChI=1S/C15H28N4O6.2C2H6/c1-16-2-4-17(10-13(20)21)6-8-19(12-15(24)25)9-7-18(5-3-16)11-14(22)23;2*1-2/h2-12H2,1H3,(H,20,21)(H,22,23)(H,24,25);2*1-2H3. The van der Waals surface area contributed by atoms with Crippen molar-refractivity contribution in [2.75, 3.05) is 79.0 Å². The molecule has 1 aliphatic heterocycles. The number of carbonyl (C=O) groups is 3. The molecule has 1 fully saturated rings. The molecule has 0 atom stereocenters. The van der Waals surface area contributed by atoms with E-state index in [9.17, 15) is 14.4 Å². The normalized spacial score (nSPS) is 18.1. The van der Waals surface area contributed by atoms with E-state index in [-0.39, 0.29) is 19.6 Å². The summed E-state index contributed by atoms with van der Waals surface area (Å²) in [5.74, 6) is -2.78. The topological polar surface area (TPSA) is 125 Å². The third-order valence-corrected chi connectivity index (χ3v) is 4.14. The molecule has 1 rings (SSSR count). The molecule has 1 saturated heterocycles. The Labute approximate surface area is 174 Å². The van der Waals surface area contributed by atoms with Gasteiger partial charge in [-0.25, -0.2) is 0 Å². The van der Waals surface area contributed by atoms with E-state index in [0.29, 0.717) is 52.4 Å². The summed E-state index contributed by atoms with van der Waals surface area (Å²) in [4.78, 5) is 40.4. The minimum absolute atomic E-state index is 0.0834. The van der Waals surface area contributed by atoms with Crippen LogP contribution >= 0.6 is 0 Å². The van der Waals surface area contributed by atoms with Crippen LogP contribution in [-0.2, 0) is 14.4 Å². The average molecular weight is 421 g/mol. The fourth-order valence-corrected chi connectivity index (χ4v) is 2.69. The Hall–Kier alpha value is -1.75. The van der Waals surface area contributed by atoms with Crippen molar-refractivity contribution in [1.29, 1.82) is 0 Å². The van der Waals surface area contributed by atoms with E-state index in [2.05, 4.69) is 0 Å². The summed E-state index contributed by atoms with van der Waals surface area (Å²) >= 11 is 0. The molecular formula is C19H40N4O6. The maximum Gasteiger partial charge on any atom is 0.317 e. The quantitative estimate of drug-likeness (QED) is 0.546. The average Bonchev–Trinajstić information content (AvgIpc) is 2.66. The monoisotopic (exact) mass is 420 g/mol. The third-order valence-electron chi connectivity index (χ3n) is 4.14. The minimum atomic E-state index is -0.957. The van der Waals surface area contributed by atoms with Crippen molar-refractivity contribution in [1.82, 2.24) is 19.6 Å². The molecule has 0 aromatic heterocycles. The lowest BCUT2D eigenvalue weighted by atomic mass is 10.3. The Morgan fingerprint density at radius 2 is 0.759 bits per heavy atom. The first-order valence-corrected chi connectivity index (χ1v) is 10.3. The lowest BCUT2D eigenvalue weighted by Crippen LogP contribution is -2.47. The molecule has 1 aliphatic rings. The van der Waals surface area contributed by atoms with E-state index >= 15 is 0 Å². The molecule has 3 N–H and O–H groups in total. The summed E-state index contributed by atoms with van der Waals surface area (Å²) in [6.45, 7) is 11.9. The summed E-state index contributed by atoms with van der Waals surface area (Å²) < 4.78 is 0. The molecule has 0 aromatic carbocycles. The molecule has 172 valence electrons. The number of nitrogens with zero attached hydrogens (tertiary/aromatic N) is 4. The molecule has 10 heteroatoms. The zero-order valence-corrected chi connectivity index (χ0v) is 18.6. The fraction of sp³-hybridized carbons (Fsp3) is 0.842. The van der Waals surface area contributed by atoms with Crippen LogP contribution in [0.25, 0.3) is 0 Å². The third kappa shape index (κ3) is 16.9. The zero-order chi connectivity index (χ0) is 22.8. The van der Waals surface area contributed by atoms with Gasteiger partial charge in [-0.05, 0) is 7.05 Å². The predicted octanol–water partition coefficient (Wildman–Crippen LogP) is 0.144. The van der Waals surface area contributed by atoms with Crippen LogP contribution in [0.15, 0.2) is 0 Å². The summed E-state index contributed by atoms with van der Waals surface area (Å²) in [6, 6.07) is 0.